The molecule has 1 saturated carbocycles. The van der Waals surface area contributed by atoms with Crippen molar-refractivity contribution in [1.82, 2.24) is 29.8 Å². The van der Waals surface area contributed by atoms with Crippen molar-refractivity contribution >= 4 is 0 Å². The first-order valence-electron chi connectivity index (χ1n) is 13.3. The van der Waals surface area contributed by atoms with Crippen molar-refractivity contribution in [2.24, 2.45) is 12.8 Å². The van der Waals surface area contributed by atoms with Gasteiger partial charge >= 0.3 is 0 Å². The molecule has 194 valence electrons. The van der Waals surface area contributed by atoms with Gasteiger partial charge in [0.2, 0.25) is 0 Å². The average molecular weight is 494 g/mol. The zero-order chi connectivity index (χ0) is 25.2. The molecular weight excluding hydrogens is 454 g/mol. The number of benzene rings is 1. The second-order valence-electron chi connectivity index (χ2n) is 10.8. The van der Waals surface area contributed by atoms with Crippen LogP contribution < -0.4 is 10.5 Å². The maximum absolute atomic E-state index is 6.25. The maximum Gasteiger partial charge on any atom is 0.173 e. The van der Waals surface area contributed by atoms with Gasteiger partial charge in [0, 0.05) is 19.0 Å². The molecule has 1 unspecified atom stereocenters. The number of aromatic nitrogens is 6. The van der Waals surface area contributed by atoms with Gasteiger partial charge in [-0.3, -0.25) is 0 Å². The smallest absolute Gasteiger partial charge is 0.173 e. The Bertz CT molecular complexity index is 1140. The lowest BCUT2D eigenvalue weighted by atomic mass is 9.85. The summed E-state index contributed by atoms with van der Waals surface area (Å²) in [7, 11) is 2.06. The summed E-state index contributed by atoms with van der Waals surface area (Å²) in [6.45, 7) is 7.01. The summed E-state index contributed by atoms with van der Waals surface area (Å²) in [4.78, 5) is 0. The normalized spacial score (nSPS) is 25.7. The van der Waals surface area contributed by atoms with Crippen molar-refractivity contribution < 1.29 is 9.47 Å². The maximum atomic E-state index is 6.25. The lowest BCUT2D eigenvalue weighted by molar-refractivity contribution is 0.00154. The molecule has 5 rings (SSSR count). The zero-order valence-corrected chi connectivity index (χ0v) is 21.9. The van der Waals surface area contributed by atoms with Crippen molar-refractivity contribution in [2.45, 2.75) is 95.4 Å². The molecule has 36 heavy (non-hydrogen) atoms. The van der Waals surface area contributed by atoms with Crippen molar-refractivity contribution in [2.75, 3.05) is 6.61 Å². The van der Waals surface area contributed by atoms with Crippen LogP contribution >= 0.6 is 0 Å². The van der Waals surface area contributed by atoms with E-state index in [0.717, 1.165) is 61.6 Å². The number of rotatable bonds is 7. The van der Waals surface area contributed by atoms with Crippen LogP contribution in [0.4, 0.5) is 0 Å². The molecule has 0 amide bonds. The molecule has 2 fully saturated rings. The Hall–Kier alpha value is -2.78. The van der Waals surface area contributed by atoms with Crippen LogP contribution in [0.2, 0.25) is 0 Å². The van der Waals surface area contributed by atoms with E-state index >= 15 is 0 Å². The second-order valence-corrected chi connectivity index (χ2v) is 10.8. The van der Waals surface area contributed by atoms with Gasteiger partial charge in [-0.1, -0.05) is 31.2 Å². The third-order valence-corrected chi connectivity index (χ3v) is 7.75. The Morgan fingerprint density at radius 3 is 2.56 bits per heavy atom. The van der Waals surface area contributed by atoms with Gasteiger partial charge in [-0.25, -0.2) is 4.68 Å². The fraction of sp³-hybridized carbons (Fsp3) is 0.630. The standard InChI is InChI=1S/C27H39N7O2/c1-17(2)20-6-5-7-23(14-20)36-18(3)26-30-31-27(33(26)4)19-8-11-22(12-9-19)34-15-24(29-32-34)25-13-10-21(28)16-35-25/h5-7,14-15,17-19,21-22,25H,8-13,16,28H2,1-4H3/t18?,19?,21-,22?,25+/m1/s1. The minimum absolute atomic E-state index is 0.0176. The van der Waals surface area contributed by atoms with E-state index in [1.165, 1.54) is 5.56 Å². The number of hydrogen-bond acceptors (Lipinski definition) is 7. The Labute approximate surface area is 213 Å². The Morgan fingerprint density at radius 1 is 1.03 bits per heavy atom. The second kappa shape index (κ2) is 10.7. The average Bonchev–Trinajstić information content (AvgIpc) is 3.52. The molecule has 3 aromatic rings. The van der Waals surface area contributed by atoms with Gasteiger partial charge in [-0.2, -0.15) is 0 Å². The van der Waals surface area contributed by atoms with Gasteiger partial charge in [-0.05, 0) is 69.1 Å². The Kier molecular flexibility index (Phi) is 7.39. The highest BCUT2D eigenvalue weighted by Crippen LogP contribution is 2.38. The molecule has 9 heteroatoms. The molecule has 2 aromatic heterocycles. The molecule has 2 N–H and O–H groups in total. The van der Waals surface area contributed by atoms with Crippen molar-refractivity contribution in [3.8, 4) is 5.75 Å². The summed E-state index contributed by atoms with van der Waals surface area (Å²) in [6, 6.07) is 8.80. The number of ether oxygens (including phenoxy) is 2. The molecule has 1 aromatic carbocycles. The molecule has 9 nitrogen and oxygen atoms in total. The fourth-order valence-corrected chi connectivity index (χ4v) is 5.49. The quantitative estimate of drug-likeness (QED) is 0.506. The van der Waals surface area contributed by atoms with Crippen LogP contribution in [0.25, 0.3) is 0 Å². The predicted molar refractivity (Wildman–Crippen MR) is 137 cm³/mol. The van der Waals surface area contributed by atoms with Gasteiger partial charge in [0.1, 0.15) is 23.4 Å². The van der Waals surface area contributed by atoms with E-state index in [2.05, 4.69) is 64.3 Å². The van der Waals surface area contributed by atoms with E-state index in [0.29, 0.717) is 24.5 Å². The van der Waals surface area contributed by atoms with Crippen molar-refractivity contribution in [3.05, 3.63) is 53.4 Å². The molecule has 1 saturated heterocycles. The monoisotopic (exact) mass is 493 g/mol. The lowest BCUT2D eigenvalue weighted by Gasteiger charge is -2.28. The summed E-state index contributed by atoms with van der Waals surface area (Å²) in [5.41, 5.74) is 8.15. The van der Waals surface area contributed by atoms with Crippen LogP contribution in [0, 0.1) is 0 Å². The van der Waals surface area contributed by atoms with Gasteiger partial charge in [0.25, 0.3) is 0 Å². The van der Waals surface area contributed by atoms with Gasteiger partial charge in [-0.15, -0.1) is 15.3 Å². The molecule has 0 radical (unpaired) electrons. The van der Waals surface area contributed by atoms with Crippen LogP contribution in [0.3, 0.4) is 0 Å². The van der Waals surface area contributed by atoms with E-state index < -0.39 is 0 Å². The lowest BCUT2D eigenvalue weighted by Crippen LogP contribution is -2.32. The SMILES string of the molecule is CC(C)c1cccc(OC(C)c2nnc(C3CCC(n4cc([C@@H]5CC[C@@H](N)CO5)nn4)CC3)n2C)c1. The van der Waals surface area contributed by atoms with Gasteiger partial charge in [0.15, 0.2) is 11.9 Å². The summed E-state index contributed by atoms with van der Waals surface area (Å²) < 4.78 is 16.3. The molecule has 0 spiro atoms. The van der Waals surface area contributed by atoms with Crippen LogP contribution in [-0.2, 0) is 11.8 Å². The fourth-order valence-electron chi connectivity index (χ4n) is 5.49. The number of nitrogens with zero attached hydrogens (tertiary/aromatic N) is 6. The van der Waals surface area contributed by atoms with Crippen LogP contribution in [-0.4, -0.2) is 42.4 Å². The molecule has 3 heterocycles. The first kappa shape index (κ1) is 24.9. The summed E-state index contributed by atoms with van der Waals surface area (Å²) in [5.74, 6) is 3.61. The predicted octanol–water partition coefficient (Wildman–Crippen LogP) is 4.75. The molecular formula is C27H39N7O2. The first-order valence-corrected chi connectivity index (χ1v) is 13.3. The van der Waals surface area contributed by atoms with Crippen LogP contribution in [0.15, 0.2) is 30.5 Å². The highest BCUT2D eigenvalue weighted by molar-refractivity contribution is 5.30. The van der Waals surface area contributed by atoms with E-state index in [9.17, 15) is 0 Å². The largest absolute Gasteiger partial charge is 0.483 e. The van der Waals surface area contributed by atoms with Crippen LogP contribution in [0.1, 0.15) is 112 Å². The van der Waals surface area contributed by atoms with Crippen LogP contribution in [0.5, 0.6) is 5.75 Å². The third kappa shape index (κ3) is 5.32. The van der Waals surface area contributed by atoms with Crippen molar-refractivity contribution in [3.63, 3.8) is 0 Å². The topological polar surface area (TPSA) is 106 Å². The zero-order valence-electron chi connectivity index (χ0n) is 21.9. The number of nitrogens with two attached hydrogens (primary N) is 1. The summed E-state index contributed by atoms with van der Waals surface area (Å²) in [6.07, 6.45) is 7.96. The minimum Gasteiger partial charge on any atom is -0.483 e. The highest BCUT2D eigenvalue weighted by Gasteiger charge is 2.30. The van der Waals surface area contributed by atoms with Crippen molar-refractivity contribution in [1.29, 1.82) is 0 Å². The van der Waals surface area contributed by atoms with E-state index in [-0.39, 0.29) is 18.2 Å². The first-order chi connectivity index (χ1) is 17.4. The minimum atomic E-state index is -0.180. The third-order valence-electron chi connectivity index (χ3n) is 7.75. The van der Waals surface area contributed by atoms with Gasteiger partial charge < -0.3 is 19.8 Å². The molecule has 2 aliphatic rings. The van der Waals surface area contributed by atoms with E-state index in [1.807, 2.05) is 23.7 Å². The summed E-state index contributed by atoms with van der Waals surface area (Å²) >= 11 is 0. The molecule has 3 atom stereocenters. The van der Waals surface area contributed by atoms with Gasteiger partial charge in [0.05, 0.1) is 18.8 Å². The molecule has 1 aliphatic heterocycles. The van der Waals surface area contributed by atoms with E-state index in [4.69, 9.17) is 15.2 Å². The summed E-state index contributed by atoms with van der Waals surface area (Å²) in [5, 5.41) is 18.0. The number of hydrogen-bond donors (Lipinski definition) is 1. The highest BCUT2D eigenvalue weighted by atomic mass is 16.5. The molecule has 0 bridgehead atoms. The Morgan fingerprint density at radius 2 is 1.83 bits per heavy atom. The molecule has 1 aliphatic carbocycles. The van der Waals surface area contributed by atoms with E-state index in [1.54, 1.807) is 0 Å². The Balaban J connectivity index is 1.19.